The Morgan fingerprint density at radius 3 is 1.71 bits per heavy atom. The number of ether oxygens (including phenoxy) is 1. The smallest absolute Gasteiger partial charge is 0.318 e. The summed E-state index contributed by atoms with van der Waals surface area (Å²) in [6.45, 7) is 4.00. The number of carbonyl (C=O) groups is 2. The number of benzene rings is 1. The Bertz CT molecular complexity index is 461. The van der Waals surface area contributed by atoms with Gasteiger partial charge in [0.1, 0.15) is 0 Å². The number of carbonyl (C=O) groups excluding carboxylic acids is 2. The first kappa shape index (κ1) is 10.5. The fourth-order valence-electron chi connectivity index (χ4n) is 3.29. The van der Waals surface area contributed by atoms with E-state index in [0.717, 1.165) is 0 Å². The molecule has 17 heavy (non-hydrogen) atoms. The van der Waals surface area contributed by atoms with Crippen LogP contribution in [0.5, 0.6) is 0 Å². The van der Waals surface area contributed by atoms with Gasteiger partial charge in [-0.25, -0.2) is 0 Å². The molecule has 4 atom stereocenters. The Morgan fingerprint density at radius 1 is 0.882 bits per heavy atom. The molecular weight excluding hydrogens is 216 g/mol. The molecular formula is C14H14O3. The van der Waals surface area contributed by atoms with Crippen molar-refractivity contribution in [2.24, 2.45) is 11.8 Å². The molecule has 1 aliphatic carbocycles. The Labute approximate surface area is 99.8 Å². The van der Waals surface area contributed by atoms with Crippen molar-refractivity contribution in [3.05, 3.63) is 35.4 Å². The summed E-state index contributed by atoms with van der Waals surface area (Å²) < 4.78 is 4.80. The maximum absolute atomic E-state index is 11.7. The van der Waals surface area contributed by atoms with Crippen LogP contribution in [0.1, 0.15) is 36.8 Å². The van der Waals surface area contributed by atoms with Crippen LogP contribution in [0.15, 0.2) is 24.3 Å². The second-order valence-corrected chi connectivity index (χ2v) is 5.00. The number of fused-ring (bicyclic) bond motifs is 2. The topological polar surface area (TPSA) is 43.4 Å². The van der Waals surface area contributed by atoms with E-state index in [9.17, 15) is 9.59 Å². The van der Waals surface area contributed by atoms with Gasteiger partial charge in [-0.05, 0) is 23.0 Å². The fraction of sp³-hybridized carbons (Fsp3) is 0.429. The summed E-state index contributed by atoms with van der Waals surface area (Å²) in [6.07, 6.45) is 0. The molecule has 1 heterocycles. The van der Waals surface area contributed by atoms with Crippen molar-refractivity contribution in [3.8, 4) is 0 Å². The molecule has 0 spiro atoms. The summed E-state index contributed by atoms with van der Waals surface area (Å²) in [7, 11) is 0. The van der Waals surface area contributed by atoms with E-state index in [2.05, 4.69) is 0 Å². The average molecular weight is 230 g/mol. The molecule has 2 aliphatic rings. The summed E-state index contributed by atoms with van der Waals surface area (Å²) in [6, 6.07) is 8.04. The largest absolute Gasteiger partial charge is 0.393 e. The lowest BCUT2D eigenvalue weighted by atomic mass is 9.66. The maximum atomic E-state index is 11.7. The second kappa shape index (κ2) is 3.42. The predicted octanol–water partition coefficient (Wildman–Crippen LogP) is 2.22. The van der Waals surface area contributed by atoms with E-state index in [0.29, 0.717) is 0 Å². The van der Waals surface area contributed by atoms with Crippen molar-refractivity contribution >= 4 is 11.9 Å². The lowest BCUT2D eigenvalue weighted by molar-refractivity contribution is -0.153. The molecule has 1 fully saturated rings. The van der Waals surface area contributed by atoms with E-state index in [4.69, 9.17) is 4.74 Å². The Morgan fingerprint density at radius 2 is 1.29 bits per heavy atom. The minimum atomic E-state index is -0.353. The van der Waals surface area contributed by atoms with Crippen LogP contribution < -0.4 is 0 Å². The first-order chi connectivity index (χ1) is 8.11. The zero-order valence-electron chi connectivity index (χ0n) is 9.84. The highest BCUT2D eigenvalue weighted by molar-refractivity contribution is 5.98. The number of hydrogen-bond donors (Lipinski definition) is 0. The summed E-state index contributed by atoms with van der Waals surface area (Å²) in [5.74, 6) is -1.18. The van der Waals surface area contributed by atoms with Crippen LogP contribution >= 0.6 is 0 Å². The van der Waals surface area contributed by atoms with Crippen molar-refractivity contribution in [3.63, 3.8) is 0 Å². The molecule has 2 unspecified atom stereocenters. The average Bonchev–Trinajstić information content (AvgIpc) is 2.62. The van der Waals surface area contributed by atoms with Gasteiger partial charge in [-0.2, -0.15) is 0 Å². The molecule has 1 aliphatic heterocycles. The lowest BCUT2D eigenvalue weighted by Gasteiger charge is -2.34. The third-order valence-corrected chi connectivity index (χ3v) is 4.19. The van der Waals surface area contributed by atoms with Gasteiger partial charge in [-0.3, -0.25) is 9.59 Å². The first-order valence-corrected chi connectivity index (χ1v) is 5.95. The quantitative estimate of drug-likeness (QED) is 0.507. The molecule has 0 bridgehead atoms. The molecule has 1 aromatic rings. The predicted molar refractivity (Wildman–Crippen MR) is 61.4 cm³/mol. The van der Waals surface area contributed by atoms with E-state index in [-0.39, 0.29) is 35.6 Å². The Balaban J connectivity index is 2.17. The maximum Gasteiger partial charge on any atom is 0.318 e. The molecule has 1 saturated heterocycles. The van der Waals surface area contributed by atoms with Gasteiger partial charge >= 0.3 is 11.9 Å². The third kappa shape index (κ3) is 1.28. The van der Waals surface area contributed by atoms with Gasteiger partial charge < -0.3 is 4.74 Å². The third-order valence-electron chi connectivity index (χ3n) is 4.19. The number of hydrogen-bond acceptors (Lipinski definition) is 3. The van der Waals surface area contributed by atoms with Gasteiger partial charge in [-0.15, -0.1) is 0 Å². The molecule has 3 rings (SSSR count). The van der Waals surface area contributed by atoms with Gasteiger partial charge in [0.2, 0.25) is 0 Å². The summed E-state index contributed by atoms with van der Waals surface area (Å²) in [5, 5.41) is 0. The molecule has 0 N–H and O–H groups in total. The molecule has 0 radical (unpaired) electrons. The van der Waals surface area contributed by atoms with E-state index >= 15 is 0 Å². The highest BCUT2D eigenvalue weighted by atomic mass is 16.6. The minimum absolute atomic E-state index is 0.0614. The van der Waals surface area contributed by atoms with Crippen LogP contribution in [0, 0.1) is 11.8 Å². The van der Waals surface area contributed by atoms with Gasteiger partial charge in [0.05, 0.1) is 11.8 Å². The molecule has 1 aromatic carbocycles. The van der Waals surface area contributed by atoms with Crippen molar-refractivity contribution < 1.29 is 14.3 Å². The standard InChI is InChI=1S/C14H14O3/c1-7-9-5-3-4-6-10(9)8(2)12-11(7)13(15)17-14(12)16/h3-8,11-12H,1-2H3/t7?,8?,11-,12+. The van der Waals surface area contributed by atoms with E-state index in [1.54, 1.807) is 0 Å². The summed E-state index contributed by atoms with van der Waals surface area (Å²) in [4.78, 5) is 23.5. The molecule has 3 heteroatoms. The molecule has 0 aromatic heterocycles. The van der Waals surface area contributed by atoms with Gasteiger partial charge in [-0.1, -0.05) is 38.1 Å². The van der Waals surface area contributed by atoms with Crippen molar-refractivity contribution in [1.82, 2.24) is 0 Å². The zero-order chi connectivity index (χ0) is 12.2. The van der Waals surface area contributed by atoms with Crippen LogP contribution in [0.2, 0.25) is 0 Å². The van der Waals surface area contributed by atoms with Gasteiger partial charge in [0.15, 0.2) is 0 Å². The molecule has 88 valence electrons. The fourth-order valence-corrected chi connectivity index (χ4v) is 3.29. The zero-order valence-corrected chi connectivity index (χ0v) is 9.84. The first-order valence-electron chi connectivity index (χ1n) is 5.95. The number of rotatable bonds is 0. The second-order valence-electron chi connectivity index (χ2n) is 5.00. The normalized spacial score (nSPS) is 35.2. The van der Waals surface area contributed by atoms with Crippen LogP contribution in [0.25, 0.3) is 0 Å². The van der Waals surface area contributed by atoms with Gasteiger partial charge in [0, 0.05) is 0 Å². The summed E-state index contributed by atoms with van der Waals surface area (Å²) >= 11 is 0. The highest BCUT2D eigenvalue weighted by Crippen LogP contribution is 2.49. The van der Waals surface area contributed by atoms with E-state index in [1.165, 1.54) is 11.1 Å². The Kier molecular flexibility index (Phi) is 2.12. The summed E-state index contributed by atoms with van der Waals surface area (Å²) in [5.41, 5.74) is 2.35. The van der Waals surface area contributed by atoms with Crippen LogP contribution in [0.3, 0.4) is 0 Å². The van der Waals surface area contributed by atoms with Crippen LogP contribution in [0.4, 0.5) is 0 Å². The Hall–Kier alpha value is -1.64. The van der Waals surface area contributed by atoms with Gasteiger partial charge in [0.25, 0.3) is 0 Å². The van der Waals surface area contributed by atoms with Crippen LogP contribution in [-0.4, -0.2) is 11.9 Å². The lowest BCUT2D eigenvalue weighted by Crippen LogP contribution is -2.33. The van der Waals surface area contributed by atoms with E-state index in [1.807, 2.05) is 38.1 Å². The van der Waals surface area contributed by atoms with E-state index < -0.39 is 0 Å². The number of cyclic esters (lactones) is 2. The molecule has 3 nitrogen and oxygen atoms in total. The van der Waals surface area contributed by atoms with Crippen LogP contribution in [-0.2, 0) is 14.3 Å². The highest BCUT2D eigenvalue weighted by Gasteiger charge is 2.53. The van der Waals surface area contributed by atoms with Crippen molar-refractivity contribution in [2.45, 2.75) is 25.7 Å². The minimum Gasteiger partial charge on any atom is -0.393 e. The SMILES string of the molecule is CC1c2ccccc2C(C)[C@@H]2C(=O)OC(=O)[C@H]12. The number of esters is 2. The molecule has 0 amide bonds. The van der Waals surface area contributed by atoms with Crippen molar-refractivity contribution in [2.75, 3.05) is 0 Å². The molecule has 0 saturated carbocycles. The monoisotopic (exact) mass is 230 g/mol. The van der Waals surface area contributed by atoms with Crippen molar-refractivity contribution in [1.29, 1.82) is 0 Å².